The molecule has 3 heteroatoms. The zero-order chi connectivity index (χ0) is 14.2. The van der Waals surface area contributed by atoms with Gasteiger partial charge in [0, 0.05) is 6.54 Å². The molecule has 3 nitrogen and oxygen atoms in total. The maximum atomic E-state index is 5.24. The van der Waals surface area contributed by atoms with Crippen LogP contribution in [-0.2, 0) is 6.54 Å². The van der Waals surface area contributed by atoms with E-state index in [9.17, 15) is 0 Å². The van der Waals surface area contributed by atoms with Crippen LogP contribution in [0.5, 0.6) is 5.75 Å². The molecule has 1 heterocycles. The predicted octanol–water partition coefficient (Wildman–Crippen LogP) is 2.91. The number of methoxy groups -OCH3 is 1. The highest BCUT2D eigenvalue weighted by molar-refractivity contribution is 5.28. The molecule has 0 aromatic heterocycles. The van der Waals surface area contributed by atoms with E-state index >= 15 is 0 Å². The van der Waals surface area contributed by atoms with Crippen molar-refractivity contribution in [1.29, 1.82) is 0 Å². The quantitative estimate of drug-likeness (QED) is 0.775. The lowest BCUT2D eigenvalue weighted by atomic mass is 9.99. The Morgan fingerprint density at radius 3 is 2.85 bits per heavy atom. The summed E-state index contributed by atoms with van der Waals surface area (Å²) in [5.74, 6) is 1.86. The number of nitrogens with one attached hydrogen (secondary N) is 1. The number of nitrogens with zero attached hydrogens (tertiary/aromatic N) is 1. The molecule has 1 aliphatic heterocycles. The molecule has 0 spiro atoms. The number of hydrogen-bond donors (Lipinski definition) is 1. The standard InChI is InChI=1S/C17H28N2O/c1-15-7-11-19(12-8-15)10-4-9-18-14-16-5-3-6-17(13-16)20-2/h3,5-6,13,15,18H,4,7-12,14H2,1-2H3. The van der Waals surface area contributed by atoms with Crippen LogP contribution in [0.15, 0.2) is 24.3 Å². The van der Waals surface area contributed by atoms with Crippen molar-refractivity contribution in [2.75, 3.05) is 33.3 Å². The highest BCUT2D eigenvalue weighted by Crippen LogP contribution is 2.15. The van der Waals surface area contributed by atoms with Crippen LogP contribution in [0.25, 0.3) is 0 Å². The SMILES string of the molecule is COc1cccc(CNCCCN2CCC(C)CC2)c1. The largest absolute Gasteiger partial charge is 0.497 e. The van der Waals surface area contributed by atoms with Gasteiger partial charge >= 0.3 is 0 Å². The maximum Gasteiger partial charge on any atom is 0.119 e. The summed E-state index contributed by atoms with van der Waals surface area (Å²) in [6.45, 7) is 8.19. The summed E-state index contributed by atoms with van der Waals surface area (Å²) in [5, 5.41) is 3.52. The normalized spacial score (nSPS) is 17.3. The molecule has 1 saturated heterocycles. The van der Waals surface area contributed by atoms with E-state index in [2.05, 4.69) is 29.3 Å². The molecule has 0 bridgehead atoms. The van der Waals surface area contributed by atoms with Gasteiger partial charge in [-0.25, -0.2) is 0 Å². The van der Waals surface area contributed by atoms with Gasteiger partial charge in [0.05, 0.1) is 7.11 Å². The summed E-state index contributed by atoms with van der Waals surface area (Å²) in [5.41, 5.74) is 1.29. The second-order valence-electron chi connectivity index (χ2n) is 5.91. The Balaban J connectivity index is 1.57. The van der Waals surface area contributed by atoms with Crippen molar-refractivity contribution in [2.24, 2.45) is 5.92 Å². The summed E-state index contributed by atoms with van der Waals surface area (Å²) in [4.78, 5) is 2.60. The summed E-state index contributed by atoms with van der Waals surface area (Å²) in [6, 6.07) is 8.27. The number of piperidine rings is 1. The zero-order valence-electron chi connectivity index (χ0n) is 12.9. The van der Waals surface area contributed by atoms with E-state index in [0.29, 0.717) is 0 Å². The third-order valence-corrected chi connectivity index (χ3v) is 4.17. The fourth-order valence-corrected chi connectivity index (χ4v) is 2.73. The number of rotatable bonds is 7. The Labute approximate surface area is 123 Å². The Kier molecular flexibility index (Phi) is 6.34. The monoisotopic (exact) mass is 276 g/mol. The van der Waals surface area contributed by atoms with E-state index in [0.717, 1.165) is 24.8 Å². The van der Waals surface area contributed by atoms with Gasteiger partial charge in [0.1, 0.15) is 5.75 Å². The first-order chi connectivity index (χ1) is 9.78. The van der Waals surface area contributed by atoms with Gasteiger partial charge in [-0.3, -0.25) is 0 Å². The molecule has 1 aromatic carbocycles. The van der Waals surface area contributed by atoms with Crippen LogP contribution in [0.4, 0.5) is 0 Å². The lowest BCUT2D eigenvalue weighted by Gasteiger charge is -2.30. The number of ether oxygens (including phenoxy) is 1. The molecule has 0 saturated carbocycles. The topological polar surface area (TPSA) is 24.5 Å². The van der Waals surface area contributed by atoms with Gasteiger partial charge in [-0.2, -0.15) is 0 Å². The van der Waals surface area contributed by atoms with Crippen LogP contribution >= 0.6 is 0 Å². The van der Waals surface area contributed by atoms with E-state index in [1.807, 2.05) is 12.1 Å². The molecule has 0 radical (unpaired) electrons. The Hall–Kier alpha value is -1.06. The van der Waals surface area contributed by atoms with E-state index in [1.54, 1.807) is 7.11 Å². The molecular weight excluding hydrogens is 248 g/mol. The van der Waals surface area contributed by atoms with E-state index in [1.165, 1.54) is 44.5 Å². The van der Waals surface area contributed by atoms with Crippen molar-refractivity contribution < 1.29 is 4.74 Å². The third-order valence-electron chi connectivity index (χ3n) is 4.17. The molecule has 0 amide bonds. The molecule has 1 fully saturated rings. The second kappa shape index (κ2) is 8.28. The first-order valence-electron chi connectivity index (χ1n) is 7.84. The molecule has 1 aliphatic rings. The third kappa shape index (κ3) is 5.14. The molecule has 2 rings (SSSR count). The van der Waals surface area contributed by atoms with E-state index < -0.39 is 0 Å². The Morgan fingerprint density at radius 2 is 2.10 bits per heavy atom. The number of likely N-dealkylation sites (tertiary alicyclic amines) is 1. The van der Waals surface area contributed by atoms with Crippen LogP contribution in [-0.4, -0.2) is 38.2 Å². The number of hydrogen-bond acceptors (Lipinski definition) is 3. The molecule has 1 aromatic rings. The van der Waals surface area contributed by atoms with Crippen molar-refractivity contribution in [1.82, 2.24) is 10.2 Å². The lowest BCUT2D eigenvalue weighted by Crippen LogP contribution is -2.34. The number of benzene rings is 1. The Morgan fingerprint density at radius 1 is 1.30 bits per heavy atom. The van der Waals surface area contributed by atoms with Gasteiger partial charge in [0.25, 0.3) is 0 Å². The van der Waals surface area contributed by atoms with Gasteiger partial charge in [0.2, 0.25) is 0 Å². The van der Waals surface area contributed by atoms with Crippen LogP contribution < -0.4 is 10.1 Å². The van der Waals surface area contributed by atoms with Crippen molar-refractivity contribution >= 4 is 0 Å². The highest BCUT2D eigenvalue weighted by atomic mass is 16.5. The molecule has 20 heavy (non-hydrogen) atoms. The summed E-state index contributed by atoms with van der Waals surface area (Å²) < 4.78 is 5.24. The predicted molar refractivity (Wildman–Crippen MR) is 84.2 cm³/mol. The molecule has 112 valence electrons. The van der Waals surface area contributed by atoms with E-state index in [4.69, 9.17) is 4.74 Å². The van der Waals surface area contributed by atoms with Crippen molar-refractivity contribution in [2.45, 2.75) is 32.7 Å². The average Bonchev–Trinajstić information content (AvgIpc) is 2.49. The van der Waals surface area contributed by atoms with Gasteiger partial charge in [-0.15, -0.1) is 0 Å². The molecule has 0 unspecified atom stereocenters. The molecule has 1 N–H and O–H groups in total. The van der Waals surface area contributed by atoms with Gasteiger partial charge in [-0.1, -0.05) is 19.1 Å². The van der Waals surface area contributed by atoms with Crippen molar-refractivity contribution in [3.05, 3.63) is 29.8 Å². The van der Waals surface area contributed by atoms with Crippen LogP contribution in [0.2, 0.25) is 0 Å². The zero-order valence-corrected chi connectivity index (χ0v) is 12.9. The maximum absolute atomic E-state index is 5.24. The fraction of sp³-hybridized carbons (Fsp3) is 0.647. The Bertz CT molecular complexity index is 386. The molecule has 0 aliphatic carbocycles. The van der Waals surface area contributed by atoms with Gasteiger partial charge in [-0.05, 0) is 69.1 Å². The van der Waals surface area contributed by atoms with Gasteiger partial charge < -0.3 is 15.0 Å². The lowest BCUT2D eigenvalue weighted by molar-refractivity contribution is 0.190. The minimum atomic E-state index is 0.925. The summed E-state index contributed by atoms with van der Waals surface area (Å²) in [6.07, 6.45) is 3.98. The second-order valence-corrected chi connectivity index (χ2v) is 5.91. The minimum absolute atomic E-state index is 0.925. The summed E-state index contributed by atoms with van der Waals surface area (Å²) >= 11 is 0. The first-order valence-corrected chi connectivity index (χ1v) is 7.84. The summed E-state index contributed by atoms with van der Waals surface area (Å²) in [7, 11) is 1.71. The minimum Gasteiger partial charge on any atom is -0.497 e. The van der Waals surface area contributed by atoms with Crippen molar-refractivity contribution in [3.63, 3.8) is 0 Å². The highest BCUT2D eigenvalue weighted by Gasteiger charge is 2.14. The van der Waals surface area contributed by atoms with Crippen LogP contribution in [0, 0.1) is 5.92 Å². The van der Waals surface area contributed by atoms with Crippen LogP contribution in [0.1, 0.15) is 31.7 Å². The van der Waals surface area contributed by atoms with Crippen molar-refractivity contribution in [3.8, 4) is 5.75 Å². The average molecular weight is 276 g/mol. The first kappa shape index (κ1) is 15.3. The van der Waals surface area contributed by atoms with Crippen LogP contribution in [0.3, 0.4) is 0 Å². The fourth-order valence-electron chi connectivity index (χ4n) is 2.73. The molecule has 0 atom stereocenters. The van der Waals surface area contributed by atoms with Gasteiger partial charge in [0.15, 0.2) is 0 Å². The smallest absolute Gasteiger partial charge is 0.119 e. The molecular formula is C17H28N2O. The van der Waals surface area contributed by atoms with E-state index in [-0.39, 0.29) is 0 Å².